The van der Waals surface area contributed by atoms with Crippen LogP contribution in [0.4, 0.5) is 0 Å². The van der Waals surface area contributed by atoms with Gasteiger partial charge in [-0.3, -0.25) is 0 Å². The Kier molecular flexibility index (Phi) is 4.15. The highest BCUT2D eigenvalue weighted by Crippen LogP contribution is 2.43. The molecule has 1 aromatic rings. The molecule has 0 radical (unpaired) electrons. The molecule has 1 saturated carbocycles. The topological polar surface area (TPSA) is 9.23 Å². The number of alkyl halides is 1. The van der Waals surface area contributed by atoms with Gasteiger partial charge >= 0.3 is 0 Å². The summed E-state index contributed by atoms with van der Waals surface area (Å²) in [4.78, 5) is 0. The standard InChI is InChI=1S/C13H16BrClO/c1-16-12-7-6-10(14)8-11(12)13(15)9-4-2-3-5-9/h6-9,13H,2-5H2,1H3. The molecule has 0 heterocycles. The molecular weight excluding hydrogens is 287 g/mol. The van der Waals surface area contributed by atoms with Crippen molar-refractivity contribution in [1.29, 1.82) is 0 Å². The summed E-state index contributed by atoms with van der Waals surface area (Å²) >= 11 is 10.1. The Hall–Kier alpha value is -0.210. The first-order valence-electron chi connectivity index (χ1n) is 5.70. The molecule has 1 aromatic carbocycles. The molecule has 0 aliphatic heterocycles. The molecule has 2 rings (SSSR count). The highest BCUT2D eigenvalue weighted by molar-refractivity contribution is 9.10. The van der Waals surface area contributed by atoms with Crippen molar-refractivity contribution in [2.45, 2.75) is 31.1 Å². The van der Waals surface area contributed by atoms with Gasteiger partial charge in [0.25, 0.3) is 0 Å². The van der Waals surface area contributed by atoms with E-state index >= 15 is 0 Å². The first-order chi connectivity index (χ1) is 7.72. The van der Waals surface area contributed by atoms with E-state index in [1.165, 1.54) is 25.7 Å². The van der Waals surface area contributed by atoms with Gasteiger partial charge in [0, 0.05) is 10.0 Å². The molecule has 0 N–H and O–H groups in total. The third-order valence-electron chi connectivity index (χ3n) is 3.30. The summed E-state index contributed by atoms with van der Waals surface area (Å²) in [5, 5.41) is 0.0787. The predicted octanol–water partition coefficient (Wildman–Crippen LogP) is 4.93. The first kappa shape index (κ1) is 12.3. The van der Waals surface area contributed by atoms with Crippen molar-refractivity contribution >= 4 is 27.5 Å². The van der Waals surface area contributed by atoms with Gasteiger partial charge in [0.2, 0.25) is 0 Å². The summed E-state index contributed by atoms with van der Waals surface area (Å²) in [6.45, 7) is 0. The second-order valence-electron chi connectivity index (χ2n) is 4.33. The molecule has 1 atom stereocenters. The Labute approximate surface area is 110 Å². The van der Waals surface area contributed by atoms with Crippen LogP contribution in [0.2, 0.25) is 0 Å². The zero-order chi connectivity index (χ0) is 11.5. The van der Waals surface area contributed by atoms with Crippen molar-refractivity contribution in [3.05, 3.63) is 28.2 Å². The molecule has 0 bridgehead atoms. The fourth-order valence-electron chi connectivity index (χ4n) is 2.42. The number of ether oxygens (including phenoxy) is 1. The van der Waals surface area contributed by atoms with Gasteiger partial charge in [0.1, 0.15) is 5.75 Å². The second kappa shape index (κ2) is 5.42. The second-order valence-corrected chi connectivity index (χ2v) is 5.72. The van der Waals surface area contributed by atoms with Crippen molar-refractivity contribution < 1.29 is 4.74 Å². The SMILES string of the molecule is COc1ccc(Br)cc1C(Cl)C1CCCC1. The lowest BCUT2D eigenvalue weighted by atomic mass is 9.97. The third-order valence-corrected chi connectivity index (χ3v) is 4.39. The Morgan fingerprint density at radius 1 is 1.38 bits per heavy atom. The molecule has 3 heteroatoms. The maximum absolute atomic E-state index is 6.57. The molecular formula is C13H16BrClO. The van der Waals surface area contributed by atoms with Gasteiger partial charge in [-0.1, -0.05) is 28.8 Å². The van der Waals surface area contributed by atoms with Crippen LogP contribution in [0.1, 0.15) is 36.6 Å². The van der Waals surface area contributed by atoms with E-state index in [0.717, 1.165) is 15.8 Å². The van der Waals surface area contributed by atoms with Crippen LogP contribution in [0.5, 0.6) is 5.75 Å². The fourth-order valence-corrected chi connectivity index (χ4v) is 3.23. The number of methoxy groups -OCH3 is 1. The van der Waals surface area contributed by atoms with Gasteiger partial charge < -0.3 is 4.74 Å². The average molecular weight is 304 g/mol. The molecule has 0 amide bonds. The van der Waals surface area contributed by atoms with Gasteiger partial charge in [-0.25, -0.2) is 0 Å². The minimum Gasteiger partial charge on any atom is -0.496 e. The smallest absolute Gasteiger partial charge is 0.123 e. The molecule has 1 fully saturated rings. The Balaban J connectivity index is 2.26. The van der Waals surface area contributed by atoms with Gasteiger partial charge in [-0.05, 0) is 37.0 Å². The number of rotatable bonds is 3. The molecule has 1 aliphatic carbocycles. The molecule has 1 aliphatic rings. The normalized spacial score (nSPS) is 18.7. The predicted molar refractivity (Wildman–Crippen MR) is 71.2 cm³/mol. The van der Waals surface area contributed by atoms with Crippen LogP contribution in [-0.4, -0.2) is 7.11 Å². The van der Waals surface area contributed by atoms with E-state index in [0.29, 0.717) is 5.92 Å². The van der Waals surface area contributed by atoms with Gasteiger partial charge in [0.05, 0.1) is 12.5 Å². The Morgan fingerprint density at radius 2 is 2.06 bits per heavy atom. The zero-order valence-corrected chi connectivity index (χ0v) is 11.7. The van der Waals surface area contributed by atoms with E-state index in [9.17, 15) is 0 Å². The van der Waals surface area contributed by atoms with Crippen molar-refractivity contribution in [2.24, 2.45) is 5.92 Å². The van der Waals surface area contributed by atoms with Crippen molar-refractivity contribution in [1.82, 2.24) is 0 Å². The minimum atomic E-state index is 0.0787. The molecule has 1 nitrogen and oxygen atoms in total. The van der Waals surface area contributed by atoms with Crippen LogP contribution >= 0.6 is 27.5 Å². The lowest BCUT2D eigenvalue weighted by Crippen LogP contribution is -2.05. The number of benzene rings is 1. The maximum Gasteiger partial charge on any atom is 0.123 e. The zero-order valence-electron chi connectivity index (χ0n) is 9.38. The summed E-state index contributed by atoms with van der Waals surface area (Å²) < 4.78 is 6.44. The van der Waals surface area contributed by atoms with E-state index in [1.54, 1.807) is 7.11 Å². The molecule has 0 spiro atoms. The van der Waals surface area contributed by atoms with Gasteiger partial charge in [-0.15, -0.1) is 11.6 Å². The summed E-state index contributed by atoms with van der Waals surface area (Å²) in [5.41, 5.74) is 1.12. The largest absolute Gasteiger partial charge is 0.496 e. The summed E-state index contributed by atoms with van der Waals surface area (Å²) in [6.07, 6.45) is 5.10. The lowest BCUT2D eigenvalue weighted by Gasteiger charge is -2.19. The lowest BCUT2D eigenvalue weighted by molar-refractivity contribution is 0.402. The fraction of sp³-hybridized carbons (Fsp3) is 0.538. The number of hydrogen-bond donors (Lipinski definition) is 0. The van der Waals surface area contributed by atoms with Crippen molar-refractivity contribution in [2.75, 3.05) is 7.11 Å². The number of hydrogen-bond acceptors (Lipinski definition) is 1. The van der Waals surface area contributed by atoms with E-state index in [-0.39, 0.29) is 5.38 Å². The quantitative estimate of drug-likeness (QED) is 0.720. The van der Waals surface area contributed by atoms with Crippen molar-refractivity contribution in [3.8, 4) is 5.75 Å². The van der Waals surface area contributed by atoms with E-state index < -0.39 is 0 Å². The van der Waals surface area contributed by atoms with Crippen LogP contribution in [0.25, 0.3) is 0 Å². The average Bonchev–Trinajstić information content (AvgIpc) is 2.81. The summed E-state index contributed by atoms with van der Waals surface area (Å²) in [7, 11) is 1.70. The molecule has 0 aromatic heterocycles. The molecule has 0 saturated heterocycles. The number of halogens is 2. The van der Waals surface area contributed by atoms with Gasteiger partial charge in [0.15, 0.2) is 0 Å². The maximum atomic E-state index is 6.57. The van der Waals surface area contributed by atoms with Crippen LogP contribution in [-0.2, 0) is 0 Å². The molecule has 16 heavy (non-hydrogen) atoms. The minimum absolute atomic E-state index is 0.0787. The monoisotopic (exact) mass is 302 g/mol. The highest BCUT2D eigenvalue weighted by atomic mass is 79.9. The van der Waals surface area contributed by atoms with Crippen LogP contribution in [0, 0.1) is 5.92 Å². The summed E-state index contributed by atoms with van der Waals surface area (Å²) in [5.74, 6) is 1.50. The Bertz CT molecular complexity index is 361. The highest BCUT2D eigenvalue weighted by Gasteiger charge is 2.26. The molecule has 1 unspecified atom stereocenters. The summed E-state index contributed by atoms with van der Waals surface area (Å²) in [6, 6.07) is 6.04. The van der Waals surface area contributed by atoms with E-state index in [2.05, 4.69) is 22.0 Å². The van der Waals surface area contributed by atoms with E-state index in [1.807, 2.05) is 12.1 Å². The van der Waals surface area contributed by atoms with Crippen LogP contribution in [0.3, 0.4) is 0 Å². The first-order valence-corrected chi connectivity index (χ1v) is 6.93. The van der Waals surface area contributed by atoms with Crippen molar-refractivity contribution in [3.63, 3.8) is 0 Å². The van der Waals surface area contributed by atoms with Gasteiger partial charge in [-0.2, -0.15) is 0 Å². The van der Waals surface area contributed by atoms with Crippen LogP contribution < -0.4 is 4.74 Å². The Morgan fingerprint density at radius 3 is 2.69 bits per heavy atom. The third kappa shape index (κ3) is 2.54. The van der Waals surface area contributed by atoms with Crippen LogP contribution in [0.15, 0.2) is 22.7 Å². The molecule has 88 valence electrons. The van der Waals surface area contributed by atoms with E-state index in [4.69, 9.17) is 16.3 Å².